The van der Waals surface area contributed by atoms with E-state index in [1.165, 1.54) is 0 Å². The van der Waals surface area contributed by atoms with Crippen LogP contribution in [0.4, 0.5) is 0 Å². The van der Waals surface area contributed by atoms with Crippen LogP contribution in [-0.2, 0) is 4.79 Å². The second-order valence-electron chi connectivity index (χ2n) is 4.66. The van der Waals surface area contributed by atoms with Crippen LogP contribution < -0.4 is 5.73 Å². The van der Waals surface area contributed by atoms with Gasteiger partial charge in [-0.15, -0.1) is 0 Å². The lowest BCUT2D eigenvalue weighted by Gasteiger charge is -2.44. The molecule has 1 aromatic rings. The predicted molar refractivity (Wildman–Crippen MR) is 67.2 cm³/mol. The van der Waals surface area contributed by atoms with Gasteiger partial charge in [0.05, 0.1) is 5.41 Å². The lowest BCUT2D eigenvalue weighted by molar-refractivity contribution is -0.156. The van der Waals surface area contributed by atoms with Crippen molar-refractivity contribution >= 4 is 17.6 Å². The van der Waals surface area contributed by atoms with E-state index in [0.717, 1.165) is 12.0 Å². The average molecular weight is 254 g/mol. The first-order valence-corrected chi connectivity index (χ1v) is 6.17. The van der Waals surface area contributed by atoms with Crippen molar-refractivity contribution in [1.82, 2.24) is 0 Å². The fourth-order valence-electron chi connectivity index (χ4n) is 2.67. The normalized spacial score (nSPS) is 19.4. The second kappa shape index (κ2) is 4.67. The Labute approximate surface area is 106 Å². The van der Waals surface area contributed by atoms with Gasteiger partial charge in [-0.25, -0.2) is 0 Å². The van der Waals surface area contributed by atoms with Gasteiger partial charge in [0.1, 0.15) is 0 Å². The van der Waals surface area contributed by atoms with Crippen molar-refractivity contribution in [3.8, 4) is 0 Å². The number of carboxylic acid groups (broad SMARTS) is 1. The van der Waals surface area contributed by atoms with Gasteiger partial charge in [0.25, 0.3) is 0 Å². The number of halogens is 1. The molecular formula is C13H16ClNO2. The molecule has 2 rings (SSSR count). The molecular weight excluding hydrogens is 238 g/mol. The van der Waals surface area contributed by atoms with E-state index in [1.807, 2.05) is 18.2 Å². The summed E-state index contributed by atoms with van der Waals surface area (Å²) in [7, 11) is 0. The molecule has 4 heteroatoms. The Morgan fingerprint density at radius 2 is 2.24 bits per heavy atom. The smallest absolute Gasteiger partial charge is 0.310 e. The van der Waals surface area contributed by atoms with Crippen molar-refractivity contribution in [2.45, 2.75) is 25.2 Å². The average Bonchev–Trinajstić information content (AvgIpc) is 2.22. The summed E-state index contributed by atoms with van der Waals surface area (Å²) in [5.74, 6) is -0.883. The van der Waals surface area contributed by atoms with E-state index in [2.05, 4.69) is 0 Å². The number of rotatable bonds is 4. The molecule has 0 saturated heterocycles. The molecule has 1 aliphatic carbocycles. The molecule has 0 bridgehead atoms. The summed E-state index contributed by atoms with van der Waals surface area (Å²) in [6.07, 6.45) is 2.37. The minimum Gasteiger partial charge on any atom is -0.481 e. The summed E-state index contributed by atoms with van der Waals surface area (Å²) >= 11 is 5.95. The second-order valence-corrected chi connectivity index (χ2v) is 5.09. The molecule has 1 unspecified atom stereocenters. The number of hydrogen-bond acceptors (Lipinski definition) is 2. The highest BCUT2D eigenvalue weighted by Crippen LogP contribution is 2.51. The Kier molecular flexibility index (Phi) is 3.40. The number of hydrogen-bond donors (Lipinski definition) is 2. The molecule has 92 valence electrons. The fraction of sp³-hybridized carbons (Fsp3) is 0.462. The summed E-state index contributed by atoms with van der Waals surface area (Å²) in [6, 6.07) is 7.36. The van der Waals surface area contributed by atoms with E-state index >= 15 is 0 Å². The summed E-state index contributed by atoms with van der Waals surface area (Å²) in [5.41, 5.74) is 6.03. The molecule has 1 aliphatic rings. The maximum Gasteiger partial charge on any atom is 0.310 e. The standard InChI is InChI=1S/C13H16ClNO2/c14-10-4-1-3-9(7-10)11(8-15)13(12(16)17)5-2-6-13/h1,3-4,7,11H,2,5-6,8,15H2,(H,16,17). The van der Waals surface area contributed by atoms with Crippen LogP contribution >= 0.6 is 11.6 Å². The van der Waals surface area contributed by atoms with Gasteiger partial charge in [0.2, 0.25) is 0 Å². The van der Waals surface area contributed by atoms with E-state index in [-0.39, 0.29) is 5.92 Å². The Morgan fingerprint density at radius 1 is 1.53 bits per heavy atom. The number of nitrogens with two attached hydrogens (primary N) is 1. The van der Waals surface area contributed by atoms with E-state index in [0.29, 0.717) is 24.4 Å². The van der Waals surface area contributed by atoms with Crippen LogP contribution in [0.15, 0.2) is 24.3 Å². The highest BCUT2D eigenvalue weighted by Gasteiger charge is 2.50. The molecule has 1 saturated carbocycles. The van der Waals surface area contributed by atoms with Gasteiger partial charge in [-0.05, 0) is 30.5 Å². The Balaban J connectivity index is 2.36. The van der Waals surface area contributed by atoms with Gasteiger partial charge in [-0.3, -0.25) is 4.79 Å². The quantitative estimate of drug-likeness (QED) is 0.867. The molecule has 0 heterocycles. The third kappa shape index (κ3) is 2.05. The topological polar surface area (TPSA) is 63.3 Å². The molecule has 0 amide bonds. The zero-order valence-electron chi connectivity index (χ0n) is 9.53. The number of carboxylic acids is 1. The summed E-state index contributed by atoms with van der Waals surface area (Å²) < 4.78 is 0. The lowest BCUT2D eigenvalue weighted by Crippen LogP contribution is -2.45. The van der Waals surface area contributed by atoms with Crippen molar-refractivity contribution in [1.29, 1.82) is 0 Å². The molecule has 0 aromatic heterocycles. The van der Waals surface area contributed by atoms with E-state index in [1.54, 1.807) is 6.07 Å². The zero-order chi connectivity index (χ0) is 12.5. The molecule has 17 heavy (non-hydrogen) atoms. The largest absolute Gasteiger partial charge is 0.481 e. The molecule has 0 aliphatic heterocycles. The summed E-state index contributed by atoms with van der Waals surface area (Å²) in [5, 5.41) is 10.1. The van der Waals surface area contributed by atoms with Gasteiger partial charge in [-0.1, -0.05) is 30.2 Å². The van der Waals surface area contributed by atoms with Crippen molar-refractivity contribution in [3.05, 3.63) is 34.9 Å². The van der Waals surface area contributed by atoms with Gasteiger partial charge >= 0.3 is 5.97 Å². The molecule has 0 radical (unpaired) electrons. The molecule has 3 N–H and O–H groups in total. The van der Waals surface area contributed by atoms with Gasteiger partial charge in [0, 0.05) is 17.5 Å². The van der Waals surface area contributed by atoms with Crippen LogP contribution in [0.1, 0.15) is 30.7 Å². The number of carbonyl (C=O) groups is 1. The van der Waals surface area contributed by atoms with E-state index < -0.39 is 11.4 Å². The predicted octanol–water partition coefficient (Wildman–Crippen LogP) is 2.64. The van der Waals surface area contributed by atoms with Crippen LogP contribution in [0.25, 0.3) is 0 Å². The van der Waals surface area contributed by atoms with E-state index in [4.69, 9.17) is 17.3 Å². The molecule has 1 fully saturated rings. The maximum absolute atomic E-state index is 11.5. The molecule has 1 aromatic carbocycles. The fourth-order valence-corrected chi connectivity index (χ4v) is 2.87. The molecule has 3 nitrogen and oxygen atoms in total. The van der Waals surface area contributed by atoms with Crippen molar-refractivity contribution in [2.24, 2.45) is 11.1 Å². The summed E-state index contributed by atoms with van der Waals surface area (Å²) in [6.45, 7) is 0.340. The monoisotopic (exact) mass is 253 g/mol. The minimum atomic E-state index is -0.737. The van der Waals surface area contributed by atoms with Crippen molar-refractivity contribution in [2.75, 3.05) is 6.54 Å². The first-order chi connectivity index (χ1) is 8.10. The Morgan fingerprint density at radius 3 is 2.65 bits per heavy atom. The van der Waals surface area contributed by atoms with Crippen molar-refractivity contribution < 1.29 is 9.90 Å². The first-order valence-electron chi connectivity index (χ1n) is 5.79. The third-order valence-electron chi connectivity index (χ3n) is 3.83. The van der Waals surface area contributed by atoms with Gasteiger partial charge in [-0.2, -0.15) is 0 Å². The number of benzene rings is 1. The van der Waals surface area contributed by atoms with Crippen LogP contribution in [0, 0.1) is 5.41 Å². The maximum atomic E-state index is 11.5. The van der Waals surface area contributed by atoms with Crippen LogP contribution in [-0.4, -0.2) is 17.6 Å². The summed E-state index contributed by atoms with van der Waals surface area (Å²) in [4.78, 5) is 11.5. The Hall–Kier alpha value is -1.06. The highest BCUT2D eigenvalue weighted by atomic mass is 35.5. The SMILES string of the molecule is NCC(c1cccc(Cl)c1)C1(C(=O)O)CCC1. The highest BCUT2D eigenvalue weighted by molar-refractivity contribution is 6.30. The van der Waals surface area contributed by atoms with Crippen LogP contribution in [0.2, 0.25) is 5.02 Å². The van der Waals surface area contributed by atoms with Crippen LogP contribution in [0.3, 0.4) is 0 Å². The lowest BCUT2D eigenvalue weighted by atomic mass is 9.59. The molecule has 0 spiro atoms. The zero-order valence-corrected chi connectivity index (χ0v) is 10.3. The third-order valence-corrected chi connectivity index (χ3v) is 4.06. The van der Waals surface area contributed by atoms with Gasteiger partial charge in [0.15, 0.2) is 0 Å². The molecule has 1 atom stereocenters. The van der Waals surface area contributed by atoms with Gasteiger partial charge < -0.3 is 10.8 Å². The van der Waals surface area contributed by atoms with E-state index in [9.17, 15) is 9.90 Å². The first kappa shape index (κ1) is 12.4. The number of aliphatic carboxylic acids is 1. The Bertz CT molecular complexity index is 429. The van der Waals surface area contributed by atoms with Crippen molar-refractivity contribution in [3.63, 3.8) is 0 Å². The van der Waals surface area contributed by atoms with Crippen LogP contribution in [0.5, 0.6) is 0 Å². The minimum absolute atomic E-state index is 0.146.